The van der Waals surface area contributed by atoms with E-state index in [4.69, 9.17) is 15.0 Å². The number of rotatable bonds is 1. The highest BCUT2D eigenvalue weighted by Gasteiger charge is 2.40. The number of aromatic nitrogens is 5. The zero-order valence-electron chi connectivity index (χ0n) is 23.9. The van der Waals surface area contributed by atoms with Crippen LogP contribution in [-0.2, 0) is 5.41 Å². The van der Waals surface area contributed by atoms with Gasteiger partial charge in [0.1, 0.15) is 5.82 Å². The summed E-state index contributed by atoms with van der Waals surface area (Å²) in [4.78, 5) is 32.0. The first-order chi connectivity index (χ1) is 21.5. The molecule has 0 atom stereocenters. The summed E-state index contributed by atoms with van der Waals surface area (Å²) in [6.45, 7) is 4.31. The van der Waals surface area contributed by atoms with Crippen molar-refractivity contribution in [1.82, 2.24) is 24.1 Å². The number of carbonyl (C=O) groups is 1. The first kappa shape index (κ1) is 24.2. The Bertz CT molecular complexity index is 2590. The van der Waals surface area contributed by atoms with Crippen LogP contribution in [-0.4, -0.2) is 30.0 Å². The van der Waals surface area contributed by atoms with Gasteiger partial charge < -0.3 is 0 Å². The van der Waals surface area contributed by atoms with Crippen molar-refractivity contribution < 1.29 is 4.79 Å². The van der Waals surface area contributed by atoms with Gasteiger partial charge in [0.05, 0.1) is 33.3 Å². The molecule has 3 aromatic heterocycles. The summed E-state index contributed by atoms with van der Waals surface area (Å²) < 4.78 is 3.96. The lowest BCUT2D eigenvalue weighted by atomic mass is 9.78. The van der Waals surface area contributed by atoms with Crippen molar-refractivity contribution in [3.63, 3.8) is 0 Å². The van der Waals surface area contributed by atoms with Crippen LogP contribution in [0.5, 0.6) is 0 Å². The van der Waals surface area contributed by atoms with E-state index in [0.717, 1.165) is 66.4 Å². The van der Waals surface area contributed by atoms with Crippen LogP contribution in [0.25, 0.3) is 60.9 Å². The van der Waals surface area contributed by atoms with Gasteiger partial charge in [-0.15, -0.1) is 0 Å². The average molecular weight is 586 g/mol. The summed E-state index contributed by atoms with van der Waals surface area (Å²) in [6, 6.07) is 35.2. The summed E-state index contributed by atoms with van der Waals surface area (Å²) in [7, 11) is 0. The highest BCUT2D eigenvalue weighted by atomic mass is 32.2. The molecule has 5 heterocycles. The number of nitrogens with zero attached hydrogens (tertiary/aromatic N) is 5. The molecular weight excluding hydrogens is 563 g/mol. The molecule has 0 amide bonds. The normalized spacial score (nSPS) is 14.7. The van der Waals surface area contributed by atoms with Gasteiger partial charge in [-0.3, -0.25) is 13.9 Å². The first-order valence-electron chi connectivity index (χ1n) is 14.7. The molecule has 0 radical (unpaired) electrons. The Morgan fingerprint density at radius 1 is 0.636 bits per heavy atom. The van der Waals surface area contributed by atoms with E-state index in [9.17, 15) is 4.79 Å². The molecule has 7 heteroatoms. The number of imidazole rings is 1. The number of para-hydroxylation sites is 3. The van der Waals surface area contributed by atoms with E-state index < -0.39 is 5.41 Å². The quantitative estimate of drug-likeness (QED) is 0.193. The molecule has 0 aliphatic carbocycles. The standard InChI is InChI=1S/C37H23N5OS/c1-37(2)24-19-29-22(18-23(24)34(43)42-28-15-7-5-12-25(28)38-35(37)42)20-10-3-6-14-27(20)41(29)36-39-26-13-9-17-31-32(26)33(40-36)21-11-4-8-16-30(21)44-31/h3-19H,1-2H3. The summed E-state index contributed by atoms with van der Waals surface area (Å²) in [5.41, 5.74) is 7.75. The van der Waals surface area contributed by atoms with Crippen LogP contribution in [0.3, 0.4) is 0 Å². The fraction of sp³-hybridized carbons (Fsp3) is 0.0811. The first-order valence-corrected chi connectivity index (χ1v) is 15.5. The molecular formula is C37H23N5OS. The number of carbonyl (C=O) groups excluding carboxylic acids is 1. The summed E-state index contributed by atoms with van der Waals surface area (Å²) >= 11 is 1.77. The molecule has 0 N–H and O–H groups in total. The van der Waals surface area contributed by atoms with Crippen molar-refractivity contribution >= 4 is 61.4 Å². The lowest BCUT2D eigenvalue weighted by molar-refractivity contribution is 0.0948. The second kappa shape index (κ2) is 8.21. The monoisotopic (exact) mass is 585 g/mol. The molecule has 0 spiro atoms. The lowest BCUT2D eigenvalue weighted by Gasteiger charge is -2.32. The van der Waals surface area contributed by atoms with E-state index >= 15 is 0 Å². The Kier molecular flexibility index (Phi) is 4.52. The molecule has 10 rings (SSSR count). The minimum absolute atomic E-state index is 0.0465. The molecule has 0 fully saturated rings. The molecule has 5 aromatic carbocycles. The minimum Gasteiger partial charge on any atom is -0.278 e. The van der Waals surface area contributed by atoms with Crippen LogP contribution >= 0.6 is 11.8 Å². The molecule has 8 aromatic rings. The van der Waals surface area contributed by atoms with Crippen LogP contribution < -0.4 is 0 Å². The van der Waals surface area contributed by atoms with Crippen LogP contribution in [0.2, 0.25) is 0 Å². The van der Waals surface area contributed by atoms with Gasteiger partial charge in [0.15, 0.2) is 0 Å². The van der Waals surface area contributed by atoms with Gasteiger partial charge in [-0.25, -0.2) is 15.0 Å². The van der Waals surface area contributed by atoms with Crippen LogP contribution in [0, 0.1) is 0 Å². The predicted octanol–water partition coefficient (Wildman–Crippen LogP) is 8.54. The highest BCUT2D eigenvalue weighted by Crippen LogP contribution is 2.48. The zero-order valence-corrected chi connectivity index (χ0v) is 24.7. The summed E-state index contributed by atoms with van der Waals surface area (Å²) in [5.74, 6) is 1.32. The van der Waals surface area contributed by atoms with Gasteiger partial charge in [-0.05, 0) is 67.9 Å². The van der Waals surface area contributed by atoms with Gasteiger partial charge in [0, 0.05) is 42.5 Å². The molecule has 0 saturated carbocycles. The molecule has 6 nitrogen and oxygen atoms in total. The Labute approximate surface area is 256 Å². The Morgan fingerprint density at radius 2 is 1.39 bits per heavy atom. The number of fused-ring (bicyclic) bond motifs is 9. The Balaban J connectivity index is 1.30. The van der Waals surface area contributed by atoms with Crippen molar-refractivity contribution in [3.05, 3.63) is 120 Å². The molecule has 2 aliphatic heterocycles. The highest BCUT2D eigenvalue weighted by molar-refractivity contribution is 7.99. The van der Waals surface area contributed by atoms with Crippen molar-refractivity contribution in [2.24, 2.45) is 0 Å². The van der Waals surface area contributed by atoms with Gasteiger partial charge in [0.2, 0.25) is 5.95 Å². The fourth-order valence-corrected chi connectivity index (χ4v) is 8.31. The van der Waals surface area contributed by atoms with E-state index in [1.54, 1.807) is 16.3 Å². The second-order valence-electron chi connectivity index (χ2n) is 12.1. The molecule has 0 saturated heterocycles. The Hall–Kier alpha value is -5.27. The zero-order chi connectivity index (χ0) is 29.3. The summed E-state index contributed by atoms with van der Waals surface area (Å²) in [6.07, 6.45) is 0. The van der Waals surface area contributed by atoms with Crippen molar-refractivity contribution in [1.29, 1.82) is 0 Å². The minimum atomic E-state index is -0.515. The van der Waals surface area contributed by atoms with Gasteiger partial charge >= 0.3 is 0 Å². The average Bonchev–Trinajstić information content (AvgIpc) is 3.60. The third-order valence-electron chi connectivity index (χ3n) is 9.27. The SMILES string of the molecule is CC1(C)c2cc3c(cc2C(=O)n2c1nc1ccccc12)c1ccccc1n3-c1nc2c3c(cccc3n1)Sc1ccccc1-2. The van der Waals surface area contributed by atoms with Crippen molar-refractivity contribution in [3.8, 4) is 17.2 Å². The van der Waals surface area contributed by atoms with E-state index in [0.29, 0.717) is 11.5 Å². The smallest absolute Gasteiger partial charge is 0.264 e. The fourth-order valence-electron chi connectivity index (χ4n) is 7.21. The third-order valence-corrected chi connectivity index (χ3v) is 10.4. The van der Waals surface area contributed by atoms with E-state index in [-0.39, 0.29) is 5.91 Å². The maximum atomic E-state index is 14.2. The van der Waals surface area contributed by atoms with Gasteiger partial charge in [0.25, 0.3) is 5.91 Å². The van der Waals surface area contributed by atoms with Crippen molar-refractivity contribution in [2.45, 2.75) is 29.1 Å². The third kappa shape index (κ3) is 2.97. The maximum absolute atomic E-state index is 14.2. The summed E-state index contributed by atoms with van der Waals surface area (Å²) in [5, 5.41) is 3.14. The molecule has 208 valence electrons. The van der Waals surface area contributed by atoms with Gasteiger partial charge in [-0.1, -0.05) is 66.4 Å². The van der Waals surface area contributed by atoms with E-state index in [1.165, 1.54) is 9.79 Å². The second-order valence-corrected chi connectivity index (χ2v) is 13.2. The number of hydrogen-bond donors (Lipinski definition) is 0. The van der Waals surface area contributed by atoms with E-state index in [2.05, 4.69) is 85.1 Å². The Morgan fingerprint density at radius 3 is 2.30 bits per heavy atom. The van der Waals surface area contributed by atoms with Crippen LogP contribution in [0.4, 0.5) is 0 Å². The van der Waals surface area contributed by atoms with E-state index in [1.807, 2.05) is 36.4 Å². The van der Waals surface area contributed by atoms with Crippen LogP contribution in [0.1, 0.15) is 35.6 Å². The maximum Gasteiger partial charge on any atom is 0.264 e. The molecule has 2 aliphatic rings. The topological polar surface area (TPSA) is 65.6 Å². The molecule has 0 unspecified atom stereocenters. The largest absolute Gasteiger partial charge is 0.278 e. The molecule has 44 heavy (non-hydrogen) atoms. The lowest BCUT2D eigenvalue weighted by Crippen LogP contribution is -2.35. The van der Waals surface area contributed by atoms with Crippen LogP contribution in [0.15, 0.2) is 113 Å². The number of benzene rings is 5. The van der Waals surface area contributed by atoms with Crippen molar-refractivity contribution in [2.75, 3.05) is 0 Å². The molecule has 0 bridgehead atoms. The van der Waals surface area contributed by atoms with Gasteiger partial charge in [-0.2, -0.15) is 0 Å². The predicted molar refractivity (Wildman–Crippen MR) is 175 cm³/mol. The number of hydrogen-bond acceptors (Lipinski definition) is 5.